The molecule has 2 unspecified atom stereocenters. The minimum atomic E-state index is -0.901. The molecule has 1 aromatic carbocycles. The Morgan fingerprint density at radius 2 is 2.06 bits per heavy atom. The predicted molar refractivity (Wildman–Crippen MR) is 70.0 cm³/mol. The van der Waals surface area contributed by atoms with Crippen molar-refractivity contribution >= 4 is 11.0 Å². The van der Waals surface area contributed by atoms with Gasteiger partial charge in [0.2, 0.25) is 0 Å². The van der Waals surface area contributed by atoms with E-state index in [9.17, 15) is 5.11 Å². The fraction of sp³-hybridized carbons (Fsp3) is 0.467. The number of aryl methyl sites for hydroxylation is 1. The number of benzene rings is 1. The lowest BCUT2D eigenvalue weighted by molar-refractivity contribution is -0.0182. The van der Waals surface area contributed by atoms with Gasteiger partial charge in [0.25, 0.3) is 0 Å². The maximum Gasteiger partial charge on any atom is 0.136 e. The summed E-state index contributed by atoms with van der Waals surface area (Å²) in [6.07, 6.45) is 0.920. The highest BCUT2D eigenvalue weighted by molar-refractivity contribution is 5.78. The molecule has 2 aromatic rings. The van der Waals surface area contributed by atoms with Gasteiger partial charge < -0.3 is 9.52 Å². The van der Waals surface area contributed by atoms with Gasteiger partial charge in [-0.1, -0.05) is 31.9 Å². The Balaban J connectivity index is 2.49. The van der Waals surface area contributed by atoms with Crippen molar-refractivity contribution in [1.82, 2.24) is 0 Å². The second-order valence-corrected chi connectivity index (χ2v) is 5.11. The summed E-state index contributed by atoms with van der Waals surface area (Å²) in [7, 11) is 0. The fourth-order valence-corrected chi connectivity index (χ4v) is 2.05. The van der Waals surface area contributed by atoms with Crippen LogP contribution in [-0.4, -0.2) is 5.11 Å². The minimum Gasteiger partial charge on any atom is -0.458 e. The summed E-state index contributed by atoms with van der Waals surface area (Å²) in [5, 5.41) is 11.6. The minimum absolute atomic E-state index is 0.171. The van der Waals surface area contributed by atoms with Gasteiger partial charge in [0.05, 0.1) is 0 Å². The molecule has 0 saturated heterocycles. The molecule has 1 aromatic heterocycles. The van der Waals surface area contributed by atoms with E-state index in [2.05, 4.69) is 19.9 Å². The van der Waals surface area contributed by atoms with E-state index >= 15 is 0 Å². The van der Waals surface area contributed by atoms with Crippen molar-refractivity contribution in [2.75, 3.05) is 0 Å². The standard InChI is InChI=1S/C15H20O2/c1-5-11(3)15(4,16)14-9-12-8-10(2)6-7-13(12)17-14/h6-9,11,16H,5H2,1-4H3. The van der Waals surface area contributed by atoms with E-state index in [1.54, 1.807) is 0 Å². The van der Waals surface area contributed by atoms with E-state index in [0.717, 1.165) is 17.4 Å². The van der Waals surface area contributed by atoms with Gasteiger partial charge in [-0.15, -0.1) is 0 Å². The van der Waals surface area contributed by atoms with Crippen LogP contribution < -0.4 is 0 Å². The number of hydrogen-bond donors (Lipinski definition) is 1. The molecule has 17 heavy (non-hydrogen) atoms. The molecule has 0 radical (unpaired) electrons. The summed E-state index contributed by atoms with van der Waals surface area (Å²) in [5.41, 5.74) is 1.14. The SMILES string of the molecule is CCC(C)C(C)(O)c1cc2cc(C)ccc2o1. The number of fused-ring (bicyclic) bond motifs is 1. The van der Waals surface area contributed by atoms with Crippen LogP contribution in [0, 0.1) is 12.8 Å². The normalized spacial score (nSPS) is 17.0. The molecule has 2 atom stereocenters. The predicted octanol–water partition coefficient (Wildman–Crippen LogP) is 3.99. The van der Waals surface area contributed by atoms with Gasteiger partial charge >= 0.3 is 0 Å². The van der Waals surface area contributed by atoms with Gasteiger partial charge in [0.1, 0.15) is 16.9 Å². The highest BCUT2D eigenvalue weighted by Gasteiger charge is 2.32. The first kappa shape index (κ1) is 12.2. The molecule has 0 aliphatic heterocycles. The highest BCUT2D eigenvalue weighted by Crippen LogP contribution is 2.34. The van der Waals surface area contributed by atoms with Crippen LogP contribution in [0.1, 0.15) is 38.5 Å². The molecule has 0 amide bonds. The largest absolute Gasteiger partial charge is 0.458 e. The first-order valence-electron chi connectivity index (χ1n) is 6.18. The fourth-order valence-electron chi connectivity index (χ4n) is 2.05. The third kappa shape index (κ3) is 2.09. The third-order valence-electron chi connectivity index (χ3n) is 3.74. The Labute approximate surface area is 102 Å². The smallest absolute Gasteiger partial charge is 0.136 e. The Morgan fingerprint density at radius 3 is 2.71 bits per heavy atom. The van der Waals surface area contributed by atoms with Crippen LogP contribution in [0.5, 0.6) is 0 Å². The average Bonchev–Trinajstić information content (AvgIpc) is 2.71. The second kappa shape index (κ2) is 4.19. The van der Waals surface area contributed by atoms with Crippen LogP contribution in [0.3, 0.4) is 0 Å². The average molecular weight is 232 g/mol. The quantitative estimate of drug-likeness (QED) is 0.867. The van der Waals surface area contributed by atoms with Crippen molar-refractivity contribution in [2.24, 2.45) is 5.92 Å². The third-order valence-corrected chi connectivity index (χ3v) is 3.74. The van der Waals surface area contributed by atoms with Gasteiger partial charge in [-0.3, -0.25) is 0 Å². The first-order valence-corrected chi connectivity index (χ1v) is 6.18. The topological polar surface area (TPSA) is 33.4 Å². The van der Waals surface area contributed by atoms with Crippen LogP contribution >= 0.6 is 0 Å². The molecule has 1 heterocycles. The summed E-state index contributed by atoms with van der Waals surface area (Å²) in [5.74, 6) is 0.830. The zero-order valence-corrected chi connectivity index (χ0v) is 10.9. The molecule has 1 N–H and O–H groups in total. The molecule has 2 heteroatoms. The number of hydrogen-bond acceptors (Lipinski definition) is 2. The molecule has 0 bridgehead atoms. The Bertz CT molecular complexity index is 523. The number of aliphatic hydroxyl groups is 1. The van der Waals surface area contributed by atoms with Crippen molar-refractivity contribution in [3.05, 3.63) is 35.6 Å². The molecule has 0 aliphatic rings. The first-order chi connectivity index (χ1) is 7.95. The highest BCUT2D eigenvalue weighted by atomic mass is 16.4. The summed E-state index contributed by atoms with van der Waals surface area (Å²) >= 11 is 0. The van der Waals surface area contributed by atoms with Crippen LogP contribution in [0.25, 0.3) is 11.0 Å². The van der Waals surface area contributed by atoms with Crippen molar-refractivity contribution < 1.29 is 9.52 Å². The van der Waals surface area contributed by atoms with E-state index in [1.165, 1.54) is 5.56 Å². The van der Waals surface area contributed by atoms with Gasteiger partial charge in [-0.05, 0) is 38.0 Å². The lowest BCUT2D eigenvalue weighted by Crippen LogP contribution is -2.28. The summed E-state index contributed by atoms with van der Waals surface area (Å²) < 4.78 is 5.76. The number of rotatable bonds is 3. The number of furan rings is 1. The zero-order chi connectivity index (χ0) is 12.6. The van der Waals surface area contributed by atoms with Crippen molar-refractivity contribution in [3.63, 3.8) is 0 Å². The molecular formula is C15H20O2. The summed E-state index contributed by atoms with van der Waals surface area (Å²) in [6, 6.07) is 8.01. The van der Waals surface area contributed by atoms with E-state index in [0.29, 0.717) is 5.76 Å². The van der Waals surface area contributed by atoms with Crippen LogP contribution in [0.2, 0.25) is 0 Å². The molecule has 92 valence electrons. The van der Waals surface area contributed by atoms with Gasteiger partial charge in [-0.2, -0.15) is 0 Å². The summed E-state index contributed by atoms with van der Waals surface area (Å²) in [6.45, 7) is 8.00. The van der Waals surface area contributed by atoms with E-state index < -0.39 is 5.60 Å². The van der Waals surface area contributed by atoms with Crippen molar-refractivity contribution in [3.8, 4) is 0 Å². The lowest BCUT2D eigenvalue weighted by atomic mass is 9.86. The van der Waals surface area contributed by atoms with Crippen molar-refractivity contribution in [1.29, 1.82) is 0 Å². The van der Waals surface area contributed by atoms with Gasteiger partial charge in [-0.25, -0.2) is 0 Å². The maximum atomic E-state index is 10.5. The van der Waals surface area contributed by atoms with E-state index in [1.807, 2.05) is 32.0 Å². The van der Waals surface area contributed by atoms with Gasteiger partial charge in [0, 0.05) is 5.39 Å². The van der Waals surface area contributed by atoms with Gasteiger partial charge in [0.15, 0.2) is 0 Å². The molecule has 0 aliphatic carbocycles. The molecule has 0 spiro atoms. The Hall–Kier alpha value is -1.28. The lowest BCUT2D eigenvalue weighted by Gasteiger charge is -2.27. The monoisotopic (exact) mass is 232 g/mol. The van der Waals surface area contributed by atoms with E-state index in [-0.39, 0.29) is 5.92 Å². The molecular weight excluding hydrogens is 212 g/mol. The van der Waals surface area contributed by atoms with E-state index in [4.69, 9.17) is 4.42 Å². The Morgan fingerprint density at radius 1 is 1.35 bits per heavy atom. The second-order valence-electron chi connectivity index (χ2n) is 5.11. The van der Waals surface area contributed by atoms with Crippen LogP contribution in [0.4, 0.5) is 0 Å². The molecule has 2 nitrogen and oxygen atoms in total. The maximum absolute atomic E-state index is 10.5. The van der Waals surface area contributed by atoms with Crippen molar-refractivity contribution in [2.45, 2.75) is 39.7 Å². The molecule has 2 rings (SSSR count). The zero-order valence-electron chi connectivity index (χ0n) is 10.9. The van der Waals surface area contributed by atoms with Crippen LogP contribution in [0.15, 0.2) is 28.7 Å². The molecule has 0 fully saturated rings. The summed E-state index contributed by atoms with van der Waals surface area (Å²) in [4.78, 5) is 0. The Kier molecular flexibility index (Phi) is 3.00. The van der Waals surface area contributed by atoms with Crippen LogP contribution in [-0.2, 0) is 5.60 Å². The molecule has 0 saturated carbocycles.